The first-order chi connectivity index (χ1) is 15.1. The maximum absolute atomic E-state index is 12.8. The fraction of sp³-hybridized carbons (Fsp3) is 0.591. The molecule has 2 fully saturated rings. The van der Waals surface area contributed by atoms with E-state index in [4.69, 9.17) is 4.74 Å². The highest BCUT2D eigenvalue weighted by Crippen LogP contribution is 2.30. The van der Waals surface area contributed by atoms with Gasteiger partial charge in [0.1, 0.15) is 18.4 Å². The number of benzene rings is 1. The maximum Gasteiger partial charge on any atom is 0.264 e. The molecule has 0 radical (unpaired) electrons. The van der Waals surface area contributed by atoms with Gasteiger partial charge in [-0.1, -0.05) is 19.9 Å². The van der Waals surface area contributed by atoms with Gasteiger partial charge in [0.15, 0.2) is 0 Å². The molecule has 1 aromatic carbocycles. The molecule has 10 heteroatoms. The topological polar surface area (TPSA) is 129 Å². The van der Waals surface area contributed by atoms with Crippen molar-refractivity contribution in [2.24, 2.45) is 0 Å². The Kier molecular flexibility index (Phi) is 7.41. The first-order valence-corrected chi connectivity index (χ1v) is 12.4. The fourth-order valence-electron chi connectivity index (χ4n) is 4.23. The summed E-state index contributed by atoms with van der Waals surface area (Å²) in [4.78, 5) is 25.6. The summed E-state index contributed by atoms with van der Waals surface area (Å²) in [5, 5.41) is 12.5. The Morgan fingerprint density at radius 2 is 2.06 bits per heavy atom. The first-order valence-electron chi connectivity index (χ1n) is 10.9. The van der Waals surface area contributed by atoms with E-state index in [1.807, 2.05) is 18.6 Å². The van der Waals surface area contributed by atoms with Crippen LogP contribution in [0.25, 0.3) is 0 Å². The Bertz CT molecular complexity index is 1020. The molecule has 0 aromatic heterocycles. The lowest BCUT2D eigenvalue weighted by Gasteiger charge is -2.24. The van der Waals surface area contributed by atoms with Crippen LogP contribution in [0, 0.1) is 11.3 Å². The minimum Gasteiger partial charge on any atom is -0.492 e. The van der Waals surface area contributed by atoms with Crippen molar-refractivity contribution in [2.45, 2.75) is 75.4 Å². The summed E-state index contributed by atoms with van der Waals surface area (Å²) in [5.74, 6) is -0.163. The zero-order valence-corrected chi connectivity index (χ0v) is 19.4. The molecule has 32 heavy (non-hydrogen) atoms. The van der Waals surface area contributed by atoms with Crippen LogP contribution in [0.4, 0.5) is 0 Å². The van der Waals surface area contributed by atoms with E-state index in [0.29, 0.717) is 18.7 Å². The Hall–Kier alpha value is -2.64. The number of ether oxygens (including phenoxy) is 1. The number of sulfonamides is 1. The van der Waals surface area contributed by atoms with Gasteiger partial charge in [-0.05, 0) is 43.2 Å². The number of likely N-dealkylation sites (tertiary alicyclic amines) is 1. The molecule has 2 saturated heterocycles. The summed E-state index contributed by atoms with van der Waals surface area (Å²) >= 11 is 0. The highest BCUT2D eigenvalue weighted by atomic mass is 32.2. The van der Waals surface area contributed by atoms with Crippen molar-refractivity contribution in [3.63, 3.8) is 0 Å². The van der Waals surface area contributed by atoms with E-state index >= 15 is 0 Å². The monoisotopic (exact) mass is 462 g/mol. The molecule has 2 amide bonds. The van der Waals surface area contributed by atoms with Crippen molar-refractivity contribution in [3.05, 3.63) is 23.8 Å². The number of nitriles is 1. The van der Waals surface area contributed by atoms with Crippen LogP contribution in [-0.4, -0.2) is 56.4 Å². The van der Waals surface area contributed by atoms with Gasteiger partial charge < -0.3 is 9.64 Å². The van der Waals surface area contributed by atoms with E-state index in [9.17, 15) is 23.3 Å². The lowest BCUT2D eigenvalue weighted by molar-refractivity contribution is -0.133. The molecule has 2 aliphatic heterocycles. The summed E-state index contributed by atoms with van der Waals surface area (Å²) in [6.45, 7) is 5.99. The Morgan fingerprint density at radius 3 is 2.72 bits per heavy atom. The zero-order valence-electron chi connectivity index (χ0n) is 18.6. The largest absolute Gasteiger partial charge is 0.492 e. The van der Waals surface area contributed by atoms with Crippen LogP contribution < -0.4 is 14.8 Å². The van der Waals surface area contributed by atoms with Crippen LogP contribution in [0.2, 0.25) is 0 Å². The van der Waals surface area contributed by atoms with E-state index in [-0.39, 0.29) is 41.5 Å². The molecule has 0 spiro atoms. The van der Waals surface area contributed by atoms with E-state index < -0.39 is 15.9 Å². The van der Waals surface area contributed by atoms with Crippen LogP contribution >= 0.6 is 0 Å². The molecule has 0 bridgehead atoms. The third-order valence-corrected chi connectivity index (χ3v) is 7.29. The predicted octanol–water partition coefficient (Wildman–Crippen LogP) is 1.65. The van der Waals surface area contributed by atoms with Crippen LogP contribution in [-0.2, 0) is 19.6 Å². The van der Waals surface area contributed by atoms with E-state index in [0.717, 1.165) is 31.7 Å². The third kappa shape index (κ3) is 5.40. The molecule has 9 nitrogen and oxygen atoms in total. The molecule has 0 saturated carbocycles. The molecule has 1 aromatic rings. The highest BCUT2D eigenvalue weighted by molar-refractivity contribution is 7.90. The van der Waals surface area contributed by atoms with Crippen molar-refractivity contribution in [1.29, 1.82) is 5.26 Å². The minimum absolute atomic E-state index is 0.0391. The molecular weight excluding hydrogens is 432 g/mol. The Balaban J connectivity index is 1.67. The van der Waals surface area contributed by atoms with Crippen molar-refractivity contribution < 1.29 is 22.7 Å². The molecule has 2 aliphatic rings. The van der Waals surface area contributed by atoms with Gasteiger partial charge in [0.25, 0.3) is 10.0 Å². The van der Waals surface area contributed by atoms with Crippen molar-refractivity contribution in [3.8, 4) is 11.8 Å². The van der Waals surface area contributed by atoms with Gasteiger partial charge in [0.05, 0.1) is 17.0 Å². The second-order valence-corrected chi connectivity index (χ2v) is 10.3. The molecule has 2 heterocycles. The number of carbonyl (C=O) groups is 2. The van der Waals surface area contributed by atoms with Crippen LogP contribution in [0.5, 0.6) is 5.75 Å². The number of nitrogens with one attached hydrogen (secondary N) is 2. The second-order valence-electron chi connectivity index (χ2n) is 8.64. The fourth-order valence-corrected chi connectivity index (χ4v) is 5.24. The number of rotatable bonds is 7. The first kappa shape index (κ1) is 24.0. The number of nitrogens with zero attached hydrogens (tertiary/aromatic N) is 2. The number of amides is 2. The van der Waals surface area contributed by atoms with Crippen molar-refractivity contribution in [2.75, 3.05) is 13.2 Å². The summed E-state index contributed by atoms with van der Waals surface area (Å²) < 4.78 is 32.7. The normalized spacial score (nSPS) is 23.2. The average Bonchev–Trinajstić information content (AvgIpc) is 3.40. The summed E-state index contributed by atoms with van der Waals surface area (Å²) in [5.41, 5.74) is 0.853. The van der Waals surface area contributed by atoms with Crippen LogP contribution in [0.15, 0.2) is 23.1 Å². The number of carbonyl (C=O) groups excluding carboxylic acids is 2. The Labute approximate surface area is 189 Å². The van der Waals surface area contributed by atoms with Crippen molar-refractivity contribution in [1.82, 2.24) is 14.9 Å². The summed E-state index contributed by atoms with van der Waals surface area (Å²) in [6, 6.07) is 6.03. The van der Waals surface area contributed by atoms with E-state index in [2.05, 4.69) is 11.4 Å². The number of hydrogen-bond acceptors (Lipinski definition) is 7. The van der Waals surface area contributed by atoms with E-state index in [1.165, 1.54) is 12.1 Å². The predicted molar refractivity (Wildman–Crippen MR) is 117 cm³/mol. The lowest BCUT2D eigenvalue weighted by Crippen LogP contribution is -2.47. The van der Waals surface area contributed by atoms with Gasteiger partial charge in [-0.3, -0.25) is 14.9 Å². The standard InChI is InChI=1S/C22H30N4O5S/c1-14(2)19-8-7-18(32(29,30)25-15(3)27)11-21(19)31-13-16-6-9-20(24-16)22(28)26-10-4-5-17(26)12-23/h7-8,11,14,16-17,20,24H,4-6,9-10,13H2,1-3H3,(H,25,27)/t16-,17+,20+/m1/s1. The molecule has 0 unspecified atom stereocenters. The SMILES string of the molecule is CC(=O)NS(=O)(=O)c1ccc(C(C)C)c(OC[C@H]2CC[C@@H](C(=O)N3CCC[C@H]3C#N)N2)c1. The Morgan fingerprint density at radius 1 is 1.31 bits per heavy atom. The highest BCUT2D eigenvalue weighted by Gasteiger charge is 2.37. The summed E-state index contributed by atoms with van der Waals surface area (Å²) in [7, 11) is -3.97. The number of hydrogen-bond donors (Lipinski definition) is 2. The van der Waals surface area contributed by atoms with Gasteiger partial charge in [-0.2, -0.15) is 5.26 Å². The molecule has 174 valence electrons. The maximum atomic E-state index is 12.8. The van der Waals surface area contributed by atoms with Gasteiger partial charge in [-0.15, -0.1) is 0 Å². The van der Waals surface area contributed by atoms with Gasteiger partial charge >= 0.3 is 0 Å². The van der Waals surface area contributed by atoms with Crippen LogP contribution in [0.3, 0.4) is 0 Å². The van der Waals surface area contributed by atoms with Crippen LogP contribution in [0.1, 0.15) is 57.9 Å². The van der Waals surface area contributed by atoms with Gasteiger partial charge in [-0.25, -0.2) is 13.1 Å². The molecule has 0 aliphatic carbocycles. The molecule has 3 atom stereocenters. The molecule has 2 N–H and O–H groups in total. The minimum atomic E-state index is -3.97. The average molecular weight is 463 g/mol. The van der Waals surface area contributed by atoms with Gasteiger partial charge in [0.2, 0.25) is 11.8 Å². The quantitative estimate of drug-likeness (QED) is 0.630. The second kappa shape index (κ2) is 9.88. The zero-order chi connectivity index (χ0) is 23.5. The molecule has 3 rings (SSSR count). The van der Waals surface area contributed by atoms with Gasteiger partial charge in [0, 0.05) is 25.6 Å². The summed E-state index contributed by atoms with van der Waals surface area (Å²) in [6.07, 6.45) is 2.97. The van der Waals surface area contributed by atoms with E-state index in [1.54, 1.807) is 11.0 Å². The smallest absolute Gasteiger partial charge is 0.264 e. The van der Waals surface area contributed by atoms with Crippen molar-refractivity contribution >= 4 is 21.8 Å². The molecular formula is C22H30N4O5S. The third-order valence-electron chi connectivity index (χ3n) is 5.86. The lowest BCUT2D eigenvalue weighted by atomic mass is 10.0.